The number of rotatable bonds is 6. The Hall–Kier alpha value is -0.660. The smallest absolute Gasteiger partial charge is 0.326 e. The zero-order valence-corrected chi connectivity index (χ0v) is 12.9. The second-order valence-electron chi connectivity index (χ2n) is 4.52. The maximum absolute atomic E-state index is 12.2. The first kappa shape index (κ1) is 14.7. The van der Waals surface area contributed by atoms with Gasteiger partial charge in [-0.3, -0.25) is 4.79 Å². The van der Waals surface area contributed by atoms with Gasteiger partial charge in [-0.1, -0.05) is 18.7 Å². The van der Waals surface area contributed by atoms with Gasteiger partial charge in [0.2, 0.25) is 0 Å². The molecule has 0 bridgehead atoms. The molecule has 2 atom stereocenters. The molecule has 2 rings (SSSR count). The molecule has 19 heavy (non-hydrogen) atoms. The quantitative estimate of drug-likeness (QED) is 0.812. The van der Waals surface area contributed by atoms with Gasteiger partial charge in [0.25, 0.3) is 0 Å². The molecule has 1 heterocycles. The van der Waals surface area contributed by atoms with Gasteiger partial charge in [0, 0.05) is 5.25 Å². The lowest BCUT2D eigenvalue weighted by molar-refractivity contribution is -0.151. The standard InChI is InChI=1S/C12H19N3O2S2/c1-3-14-12(10(16)17-4-2)6-5-9(7-12)18-11-13-8-15-19-11/h8-9,14H,3-7H2,1-2H3. The second kappa shape index (κ2) is 6.67. The molecule has 7 heteroatoms. The predicted octanol–water partition coefficient (Wildman–Crippen LogP) is 2.09. The molecule has 1 aliphatic rings. The molecule has 0 aromatic carbocycles. The van der Waals surface area contributed by atoms with E-state index in [9.17, 15) is 4.79 Å². The van der Waals surface area contributed by atoms with E-state index in [1.165, 1.54) is 11.5 Å². The summed E-state index contributed by atoms with van der Waals surface area (Å²) in [6, 6.07) is 0. The van der Waals surface area contributed by atoms with Crippen molar-refractivity contribution in [3.8, 4) is 0 Å². The minimum atomic E-state index is -0.507. The maximum Gasteiger partial charge on any atom is 0.326 e. The van der Waals surface area contributed by atoms with Gasteiger partial charge in [-0.15, -0.1) is 0 Å². The third-order valence-electron chi connectivity index (χ3n) is 3.26. The topological polar surface area (TPSA) is 64.1 Å². The molecular weight excluding hydrogens is 282 g/mol. The van der Waals surface area contributed by atoms with Crippen molar-refractivity contribution >= 4 is 29.3 Å². The zero-order chi connectivity index (χ0) is 13.7. The first-order valence-corrected chi connectivity index (χ1v) is 8.21. The first-order chi connectivity index (χ1) is 9.20. The summed E-state index contributed by atoms with van der Waals surface area (Å²) in [4.78, 5) is 16.4. The van der Waals surface area contributed by atoms with Crippen LogP contribution in [0.5, 0.6) is 0 Å². The molecule has 0 radical (unpaired) electrons. The Morgan fingerprint density at radius 1 is 1.68 bits per heavy atom. The summed E-state index contributed by atoms with van der Waals surface area (Å²) in [6.07, 6.45) is 4.20. The number of thioether (sulfide) groups is 1. The van der Waals surface area contributed by atoms with Gasteiger partial charge >= 0.3 is 5.97 Å². The van der Waals surface area contributed by atoms with Crippen molar-refractivity contribution in [1.29, 1.82) is 0 Å². The van der Waals surface area contributed by atoms with Crippen LogP contribution < -0.4 is 5.32 Å². The van der Waals surface area contributed by atoms with E-state index in [-0.39, 0.29) is 5.97 Å². The molecule has 0 aliphatic heterocycles. The van der Waals surface area contributed by atoms with Crippen molar-refractivity contribution in [2.75, 3.05) is 13.2 Å². The van der Waals surface area contributed by atoms with Crippen LogP contribution in [0.15, 0.2) is 10.7 Å². The van der Waals surface area contributed by atoms with Gasteiger partial charge < -0.3 is 10.1 Å². The molecule has 5 nitrogen and oxygen atoms in total. The molecule has 106 valence electrons. The minimum Gasteiger partial charge on any atom is -0.465 e. The molecule has 0 saturated heterocycles. The molecular formula is C12H19N3O2S2. The highest BCUT2D eigenvalue weighted by Crippen LogP contribution is 2.41. The minimum absolute atomic E-state index is 0.114. The van der Waals surface area contributed by atoms with Crippen LogP contribution >= 0.6 is 23.3 Å². The fraction of sp³-hybridized carbons (Fsp3) is 0.750. The summed E-state index contributed by atoms with van der Waals surface area (Å²) >= 11 is 3.13. The van der Waals surface area contributed by atoms with Crippen molar-refractivity contribution in [1.82, 2.24) is 14.7 Å². The van der Waals surface area contributed by atoms with Crippen LogP contribution in [0, 0.1) is 0 Å². The molecule has 1 aromatic heterocycles. The molecule has 0 amide bonds. The predicted molar refractivity (Wildman–Crippen MR) is 76.4 cm³/mol. The molecule has 0 spiro atoms. The number of aromatic nitrogens is 2. The summed E-state index contributed by atoms with van der Waals surface area (Å²) in [5, 5.41) is 3.73. The number of likely N-dealkylation sites (N-methyl/N-ethyl adjacent to an activating group) is 1. The van der Waals surface area contributed by atoms with Crippen LogP contribution in [0.4, 0.5) is 0 Å². The molecule has 1 fully saturated rings. The van der Waals surface area contributed by atoms with E-state index in [0.717, 1.165) is 30.1 Å². The Bertz CT molecular complexity index is 413. The molecule has 1 aromatic rings. The van der Waals surface area contributed by atoms with Crippen molar-refractivity contribution in [3.63, 3.8) is 0 Å². The Kier molecular flexibility index (Phi) is 5.18. The highest BCUT2D eigenvalue weighted by atomic mass is 32.2. The van der Waals surface area contributed by atoms with Crippen LogP contribution in [-0.4, -0.2) is 39.3 Å². The average Bonchev–Trinajstić information content (AvgIpc) is 3.02. The fourth-order valence-corrected chi connectivity index (χ4v) is 4.47. The van der Waals surface area contributed by atoms with Gasteiger partial charge in [-0.05, 0) is 44.3 Å². The Morgan fingerprint density at radius 2 is 2.53 bits per heavy atom. The van der Waals surface area contributed by atoms with E-state index in [1.807, 2.05) is 13.8 Å². The van der Waals surface area contributed by atoms with E-state index in [4.69, 9.17) is 4.74 Å². The van der Waals surface area contributed by atoms with Gasteiger partial charge in [0.1, 0.15) is 11.9 Å². The number of hydrogen-bond acceptors (Lipinski definition) is 7. The molecule has 2 unspecified atom stereocenters. The average molecular weight is 301 g/mol. The fourth-order valence-electron chi connectivity index (χ4n) is 2.48. The number of carbonyl (C=O) groups is 1. The lowest BCUT2D eigenvalue weighted by Crippen LogP contribution is -2.51. The second-order valence-corrected chi connectivity index (χ2v) is 6.85. The van der Waals surface area contributed by atoms with Crippen LogP contribution in [0.1, 0.15) is 33.1 Å². The van der Waals surface area contributed by atoms with E-state index in [1.54, 1.807) is 18.1 Å². The summed E-state index contributed by atoms with van der Waals surface area (Å²) in [5.41, 5.74) is -0.507. The van der Waals surface area contributed by atoms with Gasteiger partial charge in [0.15, 0.2) is 4.34 Å². The first-order valence-electron chi connectivity index (χ1n) is 6.55. The van der Waals surface area contributed by atoms with Crippen LogP contribution in [0.25, 0.3) is 0 Å². The number of nitrogens with one attached hydrogen (secondary N) is 1. The van der Waals surface area contributed by atoms with E-state index < -0.39 is 5.54 Å². The zero-order valence-electron chi connectivity index (χ0n) is 11.2. The summed E-state index contributed by atoms with van der Waals surface area (Å²) < 4.78 is 10.2. The monoisotopic (exact) mass is 301 g/mol. The summed E-state index contributed by atoms with van der Waals surface area (Å²) in [6.45, 7) is 5.07. The molecule has 1 saturated carbocycles. The summed E-state index contributed by atoms with van der Waals surface area (Å²) in [5.74, 6) is -0.114. The third kappa shape index (κ3) is 3.46. The third-order valence-corrected chi connectivity index (χ3v) is 5.28. The number of nitrogens with zero attached hydrogens (tertiary/aromatic N) is 2. The Balaban J connectivity index is 2.00. The lowest BCUT2D eigenvalue weighted by Gasteiger charge is -2.27. The number of esters is 1. The Morgan fingerprint density at radius 3 is 3.16 bits per heavy atom. The van der Waals surface area contributed by atoms with Crippen molar-refractivity contribution in [2.45, 2.75) is 48.2 Å². The highest BCUT2D eigenvalue weighted by Gasteiger charge is 2.46. The number of hydrogen-bond donors (Lipinski definition) is 1. The van der Waals surface area contributed by atoms with Gasteiger partial charge in [-0.25, -0.2) is 4.98 Å². The van der Waals surface area contributed by atoms with Crippen molar-refractivity contribution < 1.29 is 9.53 Å². The van der Waals surface area contributed by atoms with Crippen LogP contribution in [0.3, 0.4) is 0 Å². The maximum atomic E-state index is 12.2. The summed E-state index contributed by atoms with van der Waals surface area (Å²) in [7, 11) is 0. The van der Waals surface area contributed by atoms with Crippen LogP contribution in [-0.2, 0) is 9.53 Å². The van der Waals surface area contributed by atoms with Crippen molar-refractivity contribution in [2.24, 2.45) is 0 Å². The number of carbonyl (C=O) groups excluding carboxylic acids is 1. The van der Waals surface area contributed by atoms with E-state index >= 15 is 0 Å². The number of ether oxygens (including phenoxy) is 1. The molecule has 1 N–H and O–H groups in total. The van der Waals surface area contributed by atoms with Crippen LogP contribution in [0.2, 0.25) is 0 Å². The van der Waals surface area contributed by atoms with Gasteiger partial charge in [0.05, 0.1) is 6.61 Å². The van der Waals surface area contributed by atoms with E-state index in [2.05, 4.69) is 14.7 Å². The SMILES string of the molecule is CCNC1(C(=O)OCC)CCC(Sc2ncns2)C1. The van der Waals surface area contributed by atoms with E-state index in [0.29, 0.717) is 11.9 Å². The Labute approximate surface area is 121 Å². The lowest BCUT2D eigenvalue weighted by atomic mass is 9.98. The highest BCUT2D eigenvalue weighted by molar-refractivity contribution is 8.01. The van der Waals surface area contributed by atoms with Crippen molar-refractivity contribution in [3.05, 3.63) is 6.33 Å². The largest absolute Gasteiger partial charge is 0.465 e. The molecule has 1 aliphatic carbocycles. The van der Waals surface area contributed by atoms with Gasteiger partial charge in [-0.2, -0.15) is 4.37 Å². The normalized spacial score (nSPS) is 26.5.